The molecule has 2 rings (SSSR count). The molecule has 0 atom stereocenters. The van der Waals surface area contributed by atoms with E-state index in [0.29, 0.717) is 10.2 Å². The number of aryl methyl sites for hydroxylation is 1. The van der Waals surface area contributed by atoms with E-state index in [2.05, 4.69) is 31.7 Å². The third kappa shape index (κ3) is 7.24. The van der Waals surface area contributed by atoms with Crippen LogP contribution >= 0.6 is 35.3 Å². The monoisotopic (exact) mass is 396 g/mol. The smallest absolute Gasteiger partial charge is 0.248 e. The van der Waals surface area contributed by atoms with Crippen molar-refractivity contribution in [1.29, 1.82) is 0 Å². The third-order valence-corrected chi connectivity index (χ3v) is 5.11. The second-order valence-corrected chi connectivity index (χ2v) is 7.69. The van der Waals surface area contributed by atoms with Gasteiger partial charge in [-0.1, -0.05) is 47.7 Å². The van der Waals surface area contributed by atoms with Gasteiger partial charge in [-0.15, -0.1) is 10.2 Å². The Labute approximate surface area is 160 Å². The first-order valence-corrected chi connectivity index (χ1v) is 9.90. The van der Waals surface area contributed by atoms with Crippen LogP contribution in [-0.4, -0.2) is 33.5 Å². The Hall–Kier alpha value is -1.91. The van der Waals surface area contributed by atoms with Crippen LogP contribution in [0.4, 0.5) is 10.8 Å². The lowest BCUT2D eigenvalue weighted by atomic mass is 10.2. The molecule has 1 aromatic heterocycles. The molecule has 0 aliphatic rings. The summed E-state index contributed by atoms with van der Waals surface area (Å²) in [5, 5.41) is 15.4. The van der Waals surface area contributed by atoms with Gasteiger partial charge in [0.05, 0.1) is 5.75 Å². The number of nitrogens with one attached hydrogen (secondary N) is 4. The summed E-state index contributed by atoms with van der Waals surface area (Å²) < 4.78 is 0.719. The van der Waals surface area contributed by atoms with Gasteiger partial charge in [-0.05, 0) is 37.7 Å². The van der Waals surface area contributed by atoms with Crippen LogP contribution in [0.1, 0.15) is 18.9 Å². The van der Waals surface area contributed by atoms with Crippen LogP contribution in [-0.2, 0) is 4.79 Å². The van der Waals surface area contributed by atoms with Crippen LogP contribution in [0, 0.1) is 6.92 Å². The molecule has 1 heterocycles. The minimum absolute atomic E-state index is 0.186. The highest BCUT2D eigenvalue weighted by molar-refractivity contribution is 8.01. The highest BCUT2D eigenvalue weighted by Gasteiger charge is 2.08. The first kappa shape index (κ1) is 19.4. The molecule has 0 aliphatic carbocycles. The lowest BCUT2D eigenvalue weighted by Crippen LogP contribution is -2.47. The summed E-state index contributed by atoms with van der Waals surface area (Å²) in [6.45, 7) is 4.84. The normalized spacial score (nSPS) is 10.2. The summed E-state index contributed by atoms with van der Waals surface area (Å²) in [5.41, 5.74) is 7.35. The number of carbonyl (C=O) groups excluding carboxylic acids is 1. The maximum atomic E-state index is 11.8. The lowest BCUT2D eigenvalue weighted by Gasteiger charge is -2.10. The van der Waals surface area contributed by atoms with E-state index in [9.17, 15) is 4.79 Å². The van der Waals surface area contributed by atoms with Gasteiger partial charge in [0.25, 0.3) is 0 Å². The number of thioether (sulfide) groups is 1. The predicted octanol–water partition coefficient (Wildman–Crippen LogP) is 2.59. The molecule has 1 amide bonds. The molecule has 25 heavy (non-hydrogen) atoms. The van der Waals surface area contributed by atoms with Crippen molar-refractivity contribution in [2.45, 2.75) is 24.6 Å². The summed E-state index contributed by atoms with van der Waals surface area (Å²) in [4.78, 5) is 11.8. The van der Waals surface area contributed by atoms with Crippen molar-refractivity contribution in [2.75, 3.05) is 17.6 Å². The van der Waals surface area contributed by atoms with Gasteiger partial charge >= 0.3 is 0 Å². The van der Waals surface area contributed by atoms with E-state index < -0.39 is 0 Å². The van der Waals surface area contributed by atoms with E-state index in [0.717, 1.165) is 23.0 Å². The Morgan fingerprint density at radius 2 is 2.00 bits per heavy atom. The highest BCUT2D eigenvalue weighted by Crippen LogP contribution is 2.27. The number of hydrogen-bond acceptors (Lipinski definition) is 7. The Kier molecular flexibility index (Phi) is 7.89. The number of hydrogen-bond donors (Lipinski definition) is 4. The molecule has 0 saturated heterocycles. The molecule has 0 bridgehead atoms. The number of nitrogens with zero attached hydrogens (tertiary/aromatic N) is 2. The number of carbonyl (C=O) groups is 1. The van der Waals surface area contributed by atoms with Gasteiger partial charge in [0.15, 0.2) is 9.45 Å². The van der Waals surface area contributed by atoms with Crippen LogP contribution in [0.3, 0.4) is 0 Å². The number of anilines is 2. The summed E-state index contributed by atoms with van der Waals surface area (Å²) in [6.07, 6.45) is 0.960. The molecule has 7 nitrogen and oxygen atoms in total. The number of amides is 1. The third-order valence-electron chi connectivity index (χ3n) is 2.89. The molecule has 0 radical (unpaired) electrons. The average molecular weight is 397 g/mol. The quantitative estimate of drug-likeness (QED) is 0.323. The van der Waals surface area contributed by atoms with Crippen molar-refractivity contribution < 1.29 is 4.79 Å². The van der Waals surface area contributed by atoms with E-state index in [1.165, 1.54) is 28.7 Å². The Bertz CT molecular complexity index is 704. The van der Waals surface area contributed by atoms with Gasteiger partial charge < -0.3 is 10.6 Å². The molecule has 10 heteroatoms. The first-order valence-electron chi connectivity index (χ1n) is 7.69. The zero-order chi connectivity index (χ0) is 18.1. The summed E-state index contributed by atoms with van der Waals surface area (Å²) >= 11 is 7.74. The zero-order valence-corrected chi connectivity index (χ0v) is 16.4. The molecule has 2 aromatic rings. The molecule has 0 unspecified atom stereocenters. The van der Waals surface area contributed by atoms with E-state index in [-0.39, 0.29) is 11.7 Å². The molecule has 1 aromatic carbocycles. The number of aromatic nitrogens is 2. The molecule has 0 fully saturated rings. The van der Waals surface area contributed by atoms with Gasteiger partial charge in [-0.25, -0.2) is 0 Å². The summed E-state index contributed by atoms with van der Waals surface area (Å²) in [5.74, 6) is 0.0385. The Morgan fingerprint density at radius 1 is 1.24 bits per heavy atom. The summed E-state index contributed by atoms with van der Waals surface area (Å²) in [7, 11) is 0. The second-order valence-electron chi connectivity index (χ2n) is 5.08. The average Bonchev–Trinajstić information content (AvgIpc) is 3.05. The van der Waals surface area contributed by atoms with Crippen molar-refractivity contribution in [3.8, 4) is 0 Å². The maximum absolute atomic E-state index is 11.8. The fraction of sp³-hybridized carbons (Fsp3) is 0.333. The molecule has 0 saturated carbocycles. The van der Waals surface area contributed by atoms with Crippen LogP contribution in [0.2, 0.25) is 0 Å². The van der Waals surface area contributed by atoms with Crippen molar-refractivity contribution >= 4 is 57.2 Å². The van der Waals surface area contributed by atoms with Crippen LogP contribution in [0.15, 0.2) is 28.6 Å². The van der Waals surface area contributed by atoms with E-state index in [1.54, 1.807) is 0 Å². The largest absolute Gasteiger partial charge is 0.361 e. The molecule has 134 valence electrons. The topological polar surface area (TPSA) is 91.0 Å². The lowest BCUT2D eigenvalue weighted by molar-refractivity contribution is -0.119. The zero-order valence-electron chi connectivity index (χ0n) is 14.0. The minimum Gasteiger partial charge on any atom is -0.361 e. The molecule has 0 aliphatic heterocycles. The first-order chi connectivity index (χ1) is 12.1. The van der Waals surface area contributed by atoms with Crippen molar-refractivity contribution in [2.24, 2.45) is 0 Å². The summed E-state index contributed by atoms with van der Waals surface area (Å²) in [6, 6.07) is 8.02. The van der Waals surface area contributed by atoms with E-state index in [4.69, 9.17) is 12.2 Å². The maximum Gasteiger partial charge on any atom is 0.248 e. The molecule has 4 N–H and O–H groups in total. The van der Waals surface area contributed by atoms with Gasteiger partial charge in [0.1, 0.15) is 0 Å². The standard InChI is InChI=1S/C15H20N6OS3/c1-3-8-16-13(23)19-18-12(22)9-24-15-21-20-14(25-15)17-11-6-4-10(2)5-7-11/h4-7H,3,8-9H2,1-2H3,(H,17,20)(H,18,22)(H2,16,19,23). The van der Waals surface area contributed by atoms with Crippen LogP contribution < -0.4 is 21.5 Å². The van der Waals surface area contributed by atoms with Gasteiger partial charge in [-0.3, -0.25) is 15.6 Å². The highest BCUT2D eigenvalue weighted by atomic mass is 32.2. The number of hydrazine groups is 1. The molecule has 0 spiro atoms. The fourth-order valence-electron chi connectivity index (χ4n) is 1.65. The Morgan fingerprint density at radius 3 is 2.72 bits per heavy atom. The molecular formula is C15H20N6OS3. The van der Waals surface area contributed by atoms with E-state index in [1.807, 2.05) is 38.1 Å². The number of rotatable bonds is 7. The van der Waals surface area contributed by atoms with Crippen molar-refractivity contribution in [3.63, 3.8) is 0 Å². The second kappa shape index (κ2) is 10.2. The molecular weight excluding hydrogens is 376 g/mol. The number of benzene rings is 1. The van der Waals surface area contributed by atoms with Gasteiger partial charge in [-0.2, -0.15) is 0 Å². The number of thiocarbonyl (C=S) groups is 1. The van der Waals surface area contributed by atoms with Gasteiger partial charge in [0, 0.05) is 12.2 Å². The minimum atomic E-state index is -0.186. The fourth-order valence-corrected chi connectivity index (χ4v) is 3.38. The SMILES string of the molecule is CCCNC(=S)NNC(=O)CSc1nnc(Nc2ccc(C)cc2)s1. The van der Waals surface area contributed by atoms with Crippen molar-refractivity contribution in [1.82, 2.24) is 26.4 Å². The Balaban J connectivity index is 1.72. The predicted molar refractivity (Wildman–Crippen MR) is 107 cm³/mol. The van der Waals surface area contributed by atoms with Crippen LogP contribution in [0.25, 0.3) is 0 Å². The van der Waals surface area contributed by atoms with Crippen LogP contribution in [0.5, 0.6) is 0 Å². The van der Waals surface area contributed by atoms with Crippen molar-refractivity contribution in [3.05, 3.63) is 29.8 Å². The van der Waals surface area contributed by atoms with Gasteiger partial charge in [0.2, 0.25) is 11.0 Å². The van der Waals surface area contributed by atoms with E-state index >= 15 is 0 Å².